The molecule has 3 rings (SSSR count). The molecule has 1 aromatic heterocycles. The zero-order valence-corrected chi connectivity index (χ0v) is 16.2. The lowest BCUT2D eigenvalue weighted by Gasteiger charge is -2.31. The summed E-state index contributed by atoms with van der Waals surface area (Å²) in [6, 6.07) is 10.0. The molecule has 0 amide bonds. The lowest BCUT2D eigenvalue weighted by molar-refractivity contribution is 0.199. The summed E-state index contributed by atoms with van der Waals surface area (Å²) < 4.78 is 2.12. The normalized spacial score (nSPS) is 16.0. The molecule has 0 atom stereocenters. The smallest absolute Gasteiger partial charge is 0.146 e. The molecule has 7 nitrogen and oxygen atoms in total. The molecule has 2 heterocycles. The zero-order valence-electron chi connectivity index (χ0n) is 16.2. The number of likely N-dealkylation sites (tertiary alicyclic amines) is 1. The molecule has 27 heavy (non-hydrogen) atoms. The van der Waals surface area contributed by atoms with Gasteiger partial charge in [-0.05, 0) is 50.7 Å². The highest BCUT2D eigenvalue weighted by Crippen LogP contribution is 2.27. The summed E-state index contributed by atoms with van der Waals surface area (Å²) in [6.45, 7) is 4.49. The number of hydrogen-bond donors (Lipinski definition) is 1. The number of aliphatic hydroxyl groups excluding tert-OH is 1. The molecule has 0 radical (unpaired) electrons. The number of aromatic nitrogens is 3. The van der Waals surface area contributed by atoms with E-state index in [9.17, 15) is 0 Å². The third-order valence-corrected chi connectivity index (χ3v) is 5.33. The van der Waals surface area contributed by atoms with Gasteiger partial charge in [-0.3, -0.25) is 9.80 Å². The van der Waals surface area contributed by atoms with Gasteiger partial charge in [0, 0.05) is 26.1 Å². The van der Waals surface area contributed by atoms with Crippen molar-refractivity contribution in [3.05, 3.63) is 47.0 Å². The first-order chi connectivity index (χ1) is 13.1. The van der Waals surface area contributed by atoms with Crippen molar-refractivity contribution in [1.82, 2.24) is 24.6 Å². The third-order valence-electron chi connectivity index (χ3n) is 5.33. The number of likely N-dealkylation sites (N-methyl/N-ethyl adjacent to an activating group) is 1. The van der Waals surface area contributed by atoms with E-state index in [1.807, 2.05) is 43.3 Å². The Balaban J connectivity index is 1.54. The minimum atomic E-state index is 0.152. The van der Waals surface area contributed by atoms with Crippen molar-refractivity contribution in [1.29, 1.82) is 5.26 Å². The van der Waals surface area contributed by atoms with E-state index in [4.69, 9.17) is 10.4 Å². The number of nitriles is 1. The summed E-state index contributed by atoms with van der Waals surface area (Å²) in [5, 5.41) is 26.8. The Morgan fingerprint density at radius 2 is 1.93 bits per heavy atom. The molecular formula is C20H28N6O. The highest BCUT2D eigenvalue weighted by molar-refractivity contribution is 5.31. The van der Waals surface area contributed by atoms with E-state index < -0.39 is 0 Å². The largest absolute Gasteiger partial charge is 0.395 e. The number of hydrogen-bond acceptors (Lipinski definition) is 6. The minimum absolute atomic E-state index is 0.152. The van der Waals surface area contributed by atoms with E-state index in [1.165, 1.54) is 5.56 Å². The van der Waals surface area contributed by atoms with Crippen LogP contribution in [0.3, 0.4) is 0 Å². The predicted octanol–water partition coefficient (Wildman–Crippen LogP) is 1.49. The van der Waals surface area contributed by atoms with Crippen LogP contribution in [0.25, 0.3) is 0 Å². The molecule has 0 spiro atoms. The average molecular weight is 368 g/mol. The average Bonchev–Trinajstić information content (AvgIpc) is 3.03. The summed E-state index contributed by atoms with van der Waals surface area (Å²) in [4.78, 5) is 4.51. The zero-order chi connectivity index (χ0) is 19.2. The van der Waals surface area contributed by atoms with Crippen molar-refractivity contribution < 1.29 is 5.11 Å². The fourth-order valence-electron chi connectivity index (χ4n) is 3.65. The summed E-state index contributed by atoms with van der Waals surface area (Å²) in [5.74, 6) is 2.46. The molecule has 0 unspecified atom stereocenters. The lowest BCUT2D eigenvalue weighted by atomic mass is 9.95. The van der Waals surface area contributed by atoms with Crippen molar-refractivity contribution in [2.24, 2.45) is 7.05 Å². The van der Waals surface area contributed by atoms with Crippen molar-refractivity contribution in [3.8, 4) is 6.07 Å². The van der Waals surface area contributed by atoms with E-state index in [0.717, 1.165) is 44.1 Å². The van der Waals surface area contributed by atoms with E-state index in [1.54, 1.807) is 0 Å². The van der Waals surface area contributed by atoms with Crippen LogP contribution in [0.15, 0.2) is 24.3 Å². The number of aliphatic hydroxyl groups is 1. The van der Waals surface area contributed by atoms with Gasteiger partial charge in [-0.25, -0.2) is 0 Å². The van der Waals surface area contributed by atoms with Crippen LogP contribution in [0.1, 0.15) is 41.5 Å². The van der Waals surface area contributed by atoms with E-state index in [-0.39, 0.29) is 6.61 Å². The molecule has 0 saturated carbocycles. The third kappa shape index (κ3) is 4.92. The molecule has 0 bridgehead atoms. The van der Waals surface area contributed by atoms with Crippen molar-refractivity contribution in [3.63, 3.8) is 0 Å². The van der Waals surface area contributed by atoms with Gasteiger partial charge < -0.3 is 9.67 Å². The second kappa shape index (κ2) is 9.09. The highest BCUT2D eigenvalue weighted by Gasteiger charge is 2.25. The monoisotopic (exact) mass is 368 g/mol. The fourth-order valence-corrected chi connectivity index (χ4v) is 3.65. The Labute approximate surface area is 160 Å². The molecule has 1 fully saturated rings. The maximum absolute atomic E-state index is 9.05. The van der Waals surface area contributed by atoms with E-state index >= 15 is 0 Å². The molecule has 1 aromatic carbocycles. The summed E-state index contributed by atoms with van der Waals surface area (Å²) in [5.41, 5.74) is 1.96. The van der Waals surface area contributed by atoms with Gasteiger partial charge in [-0.15, -0.1) is 10.2 Å². The van der Waals surface area contributed by atoms with Crippen LogP contribution < -0.4 is 0 Å². The topological polar surface area (TPSA) is 81.2 Å². The van der Waals surface area contributed by atoms with Gasteiger partial charge in [0.15, 0.2) is 0 Å². The maximum atomic E-state index is 9.05. The Hall–Kier alpha value is -2.27. The van der Waals surface area contributed by atoms with Gasteiger partial charge in [0.05, 0.1) is 24.8 Å². The van der Waals surface area contributed by atoms with Crippen LogP contribution >= 0.6 is 0 Å². The molecule has 2 aromatic rings. The van der Waals surface area contributed by atoms with Crippen molar-refractivity contribution in [2.45, 2.75) is 31.8 Å². The Kier molecular flexibility index (Phi) is 6.56. The van der Waals surface area contributed by atoms with Crippen molar-refractivity contribution >= 4 is 0 Å². The quantitative estimate of drug-likeness (QED) is 0.797. The molecule has 1 N–H and O–H groups in total. The second-order valence-electron chi connectivity index (χ2n) is 7.35. The Morgan fingerprint density at radius 1 is 1.22 bits per heavy atom. The predicted molar refractivity (Wildman–Crippen MR) is 103 cm³/mol. The molecule has 7 heteroatoms. The second-order valence-corrected chi connectivity index (χ2v) is 7.35. The standard InChI is InChI=1S/C20H28N6O/c1-24(11-12-27)15-19-22-23-20(25(19)2)18-7-9-26(10-8-18)14-17-5-3-16(13-21)4-6-17/h3-6,18,27H,7-12,14-15H2,1-2H3. The lowest BCUT2D eigenvalue weighted by Crippen LogP contribution is -2.33. The van der Waals surface area contributed by atoms with Gasteiger partial charge in [0.25, 0.3) is 0 Å². The first-order valence-corrected chi connectivity index (χ1v) is 9.49. The van der Waals surface area contributed by atoms with Crippen molar-refractivity contribution in [2.75, 3.05) is 33.3 Å². The van der Waals surface area contributed by atoms with Crippen LogP contribution in [0.2, 0.25) is 0 Å². The molecule has 144 valence electrons. The molecule has 1 aliphatic rings. The highest BCUT2D eigenvalue weighted by atomic mass is 16.3. The number of rotatable bonds is 7. The summed E-state index contributed by atoms with van der Waals surface area (Å²) in [7, 11) is 4.02. The number of benzene rings is 1. The van der Waals surface area contributed by atoms with Crippen LogP contribution in [-0.4, -0.2) is 63.0 Å². The minimum Gasteiger partial charge on any atom is -0.395 e. The number of nitrogens with zero attached hydrogens (tertiary/aromatic N) is 6. The van der Waals surface area contributed by atoms with Gasteiger partial charge in [-0.2, -0.15) is 5.26 Å². The van der Waals surface area contributed by atoms with Gasteiger partial charge in [-0.1, -0.05) is 12.1 Å². The number of piperidine rings is 1. The van der Waals surface area contributed by atoms with Crippen LogP contribution in [-0.2, 0) is 20.1 Å². The summed E-state index contributed by atoms with van der Waals surface area (Å²) >= 11 is 0. The van der Waals surface area contributed by atoms with E-state index in [0.29, 0.717) is 24.6 Å². The molecule has 1 saturated heterocycles. The Bertz CT molecular complexity index is 771. The van der Waals surface area contributed by atoms with Crippen LogP contribution in [0.5, 0.6) is 0 Å². The first-order valence-electron chi connectivity index (χ1n) is 9.49. The molecule has 1 aliphatic heterocycles. The van der Waals surface area contributed by atoms with Gasteiger partial charge >= 0.3 is 0 Å². The first kappa shape index (κ1) is 19.5. The Morgan fingerprint density at radius 3 is 2.56 bits per heavy atom. The SMILES string of the molecule is CN(CCO)Cc1nnc(C2CCN(Cc3ccc(C#N)cc3)CC2)n1C. The maximum Gasteiger partial charge on any atom is 0.146 e. The van der Waals surface area contributed by atoms with E-state index in [2.05, 4.69) is 25.7 Å². The van der Waals surface area contributed by atoms with Gasteiger partial charge in [0.1, 0.15) is 11.6 Å². The molecular weight excluding hydrogens is 340 g/mol. The fraction of sp³-hybridized carbons (Fsp3) is 0.550. The van der Waals surface area contributed by atoms with Crippen LogP contribution in [0.4, 0.5) is 0 Å². The van der Waals surface area contributed by atoms with Gasteiger partial charge in [0.2, 0.25) is 0 Å². The summed E-state index contributed by atoms with van der Waals surface area (Å²) in [6.07, 6.45) is 2.16. The molecule has 0 aliphatic carbocycles. The van der Waals surface area contributed by atoms with Crippen LogP contribution in [0, 0.1) is 11.3 Å².